The van der Waals surface area contributed by atoms with Crippen LogP contribution >= 0.6 is 0 Å². The zero-order chi connectivity index (χ0) is 49.3. The highest BCUT2D eigenvalue weighted by Crippen LogP contribution is 2.15. The number of rotatable bonds is 53. The average Bonchev–Trinajstić information content (AvgIpc) is 3.34. The van der Waals surface area contributed by atoms with Crippen molar-refractivity contribution in [3.63, 3.8) is 0 Å². The molecule has 0 amide bonds. The molecule has 0 aliphatic rings. The Bertz CT molecular complexity index is 1230. The Morgan fingerprint density at radius 3 is 0.897 bits per heavy atom. The minimum absolute atomic E-state index is 0.0820. The van der Waals surface area contributed by atoms with Gasteiger partial charge in [-0.05, 0) is 103 Å². The van der Waals surface area contributed by atoms with Crippen LogP contribution in [-0.2, 0) is 28.6 Å². The quantitative estimate of drug-likeness (QED) is 0.0262. The summed E-state index contributed by atoms with van der Waals surface area (Å²) in [5.74, 6) is -0.895. The zero-order valence-corrected chi connectivity index (χ0v) is 45.1. The van der Waals surface area contributed by atoms with Crippen molar-refractivity contribution in [1.82, 2.24) is 0 Å². The Hall–Kier alpha value is -2.89. The van der Waals surface area contributed by atoms with Crippen LogP contribution < -0.4 is 0 Å². The maximum atomic E-state index is 12.9. The summed E-state index contributed by atoms with van der Waals surface area (Å²) in [6.07, 6.45) is 70.6. The van der Waals surface area contributed by atoms with Crippen molar-refractivity contribution in [2.75, 3.05) is 13.2 Å². The number of carbonyl (C=O) groups excluding carboxylic acids is 3. The SMILES string of the molecule is CCCC/C=C\C/C=C\CCCCCCCC(=O)OCC(COC(=O)CCCCCCCCCCC/C=C\CCCCCCCC)OC(=O)CCCCCCCCC/C=C\C/C=C\CCCCC. The molecule has 0 heterocycles. The number of carbonyl (C=O) groups is 3. The van der Waals surface area contributed by atoms with Crippen LogP contribution in [0.2, 0.25) is 0 Å². The van der Waals surface area contributed by atoms with Gasteiger partial charge < -0.3 is 14.2 Å². The van der Waals surface area contributed by atoms with Crippen molar-refractivity contribution in [3.8, 4) is 0 Å². The third-order valence-corrected chi connectivity index (χ3v) is 12.7. The lowest BCUT2D eigenvalue weighted by molar-refractivity contribution is -0.167. The molecule has 0 spiro atoms. The Morgan fingerprint density at radius 1 is 0.294 bits per heavy atom. The molecule has 0 saturated carbocycles. The largest absolute Gasteiger partial charge is 0.462 e. The van der Waals surface area contributed by atoms with Crippen molar-refractivity contribution in [1.29, 1.82) is 0 Å². The Balaban J connectivity index is 4.38. The predicted octanol–water partition coefficient (Wildman–Crippen LogP) is 19.6. The number of ether oxygens (including phenoxy) is 3. The van der Waals surface area contributed by atoms with Gasteiger partial charge in [-0.25, -0.2) is 0 Å². The Labute approximate surface area is 421 Å². The molecule has 0 rings (SSSR count). The summed E-state index contributed by atoms with van der Waals surface area (Å²) in [5, 5.41) is 0. The molecule has 6 heteroatoms. The smallest absolute Gasteiger partial charge is 0.306 e. The van der Waals surface area contributed by atoms with Crippen LogP contribution in [0.5, 0.6) is 0 Å². The normalized spacial score (nSPS) is 12.5. The van der Waals surface area contributed by atoms with Gasteiger partial charge in [0.2, 0.25) is 0 Å². The summed E-state index contributed by atoms with van der Waals surface area (Å²) in [6.45, 7) is 6.58. The second-order valence-electron chi connectivity index (χ2n) is 19.5. The molecule has 0 fully saturated rings. The van der Waals surface area contributed by atoms with Crippen molar-refractivity contribution in [3.05, 3.63) is 60.8 Å². The lowest BCUT2D eigenvalue weighted by atomic mass is 10.1. The van der Waals surface area contributed by atoms with Gasteiger partial charge in [-0.2, -0.15) is 0 Å². The fraction of sp³-hybridized carbons (Fsp3) is 0.790. The van der Waals surface area contributed by atoms with E-state index in [1.807, 2.05) is 0 Å². The van der Waals surface area contributed by atoms with Gasteiger partial charge in [-0.15, -0.1) is 0 Å². The maximum absolute atomic E-state index is 12.9. The highest BCUT2D eigenvalue weighted by molar-refractivity contribution is 5.71. The molecule has 0 saturated heterocycles. The molecule has 1 atom stereocenters. The standard InChI is InChI=1S/C62H110O6/c1-4-7-10-13-16-19-22-25-28-30-31-33-34-37-40-43-46-49-52-55-61(64)67-58-59(57-66-60(63)54-51-48-45-42-39-36-27-24-21-18-15-12-9-6-3)68-62(65)56-53-50-47-44-41-38-35-32-29-26-23-20-17-14-11-8-5-2/h15,17-18,20,24-29,59H,4-14,16,19,21-23,30-58H2,1-3H3/b18-15-,20-17-,27-24-,28-25-,29-26-. The van der Waals surface area contributed by atoms with Crippen molar-refractivity contribution >= 4 is 17.9 Å². The first kappa shape index (κ1) is 65.1. The van der Waals surface area contributed by atoms with E-state index in [2.05, 4.69) is 81.5 Å². The van der Waals surface area contributed by atoms with Gasteiger partial charge in [0.25, 0.3) is 0 Å². The fourth-order valence-electron chi connectivity index (χ4n) is 8.25. The van der Waals surface area contributed by atoms with Gasteiger partial charge >= 0.3 is 17.9 Å². The molecule has 394 valence electrons. The number of hydrogen-bond donors (Lipinski definition) is 0. The molecule has 0 aromatic carbocycles. The van der Waals surface area contributed by atoms with Crippen LogP contribution in [0.3, 0.4) is 0 Å². The van der Waals surface area contributed by atoms with Crippen LogP contribution in [0.25, 0.3) is 0 Å². The van der Waals surface area contributed by atoms with E-state index in [1.165, 1.54) is 167 Å². The molecular formula is C62H110O6. The number of allylic oxidation sites excluding steroid dienone is 10. The Kier molecular flexibility index (Phi) is 54.3. The molecule has 0 aliphatic heterocycles. The number of hydrogen-bond acceptors (Lipinski definition) is 6. The first-order valence-electron chi connectivity index (χ1n) is 29.3. The van der Waals surface area contributed by atoms with Crippen molar-refractivity contribution in [2.24, 2.45) is 0 Å². The fourth-order valence-corrected chi connectivity index (χ4v) is 8.25. The van der Waals surface area contributed by atoms with E-state index in [0.29, 0.717) is 19.3 Å². The second kappa shape index (κ2) is 56.7. The highest BCUT2D eigenvalue weighted by Gasteiger charge is 2.19. The lowest BCUT2D eigenvalue weighted by Crippen LogP contribution is -2.30. The van der Waals surface area contributed by atoms with Gasteiger partial charge in [-0.3, -0.25) is 14.4 Å². The second-order valence-corrected chi connectivity index (χ2v) is 19.5. The van der Waals surface area contributed by atoms with E-state index in [-0.39, 0.29) is 31.1 Å². The van der Waals surface area contributed by atoms with Gasteiger partial charge in [-0.1, -0.05) is 236 Å². The molecular weight excluding hydrogens is 841 g/mol. The molecule has 0 radical (unpaired) electrons. The van der Waals surface area contributed by atoms with E-state index < -0.39 is 6.10 Å². The highest BCUT2D eigenvalue weighted by atomic mass is 16.6. The van der Waals surface area contributed by atoms with Gasteiger partial charge in [0.1, 0.15) is 13.2 Å². The first-order chi connectivity index (χ1) is 33.5. The van der Waals surface area contributed by atoms with E-state index in [4.69, 9.17) is 14.2 Å². The van der Waals surface area contributed by atoms with E-state index in [9.17, 15) is 14.4 Å². The third-order valence-electron chi connectivity index (χ3n) is 12.7. The van der Waals surface area contributed by atoms with E-state index >= 15 is 0 Å². The Morgan fingerprint density at radius 2 is 0.544 bits per heavy atom. The first-order valence-corrected chi connectivity index (χ1v) is 29.3. The molecule has 6 nitrogen and oxygen atoms in total. The summed E-state index contributed by atoms with van der Waals surface area (Å²) in [5.41, 5.74) is 0. The number of unbranched alkanes of at least 4 members (excludes halogenated alkanes) is 32. The predicted molar refractivity (Wildman–Crippen MR) is 293 cm³/mol. The summed E-state index contributed by atoms with van der Waals surface area (Å²) in [7, 11) is 0. The maximum Gasteiger partial charge on any atom is 0.306 e. The van der Waals surface area contributed by atoms with Crippen LogP contribution in [0, 0.1) is 0 Å². The molecule has 68 heavy (non-hydrogen) atoms. The van der Waals surface area contributed by atoms with E-state index in [0.717, 1.165) is 89.9 Å². The van der Waals surface area contributed by atoms with Crippen LogP contribution in [0.4, 0.5) is 0 Å². The van der Waals surface area contributed by atoms with Gasteiger partial charge in [0.15, 0.2) is 6.10 Å². The molecule has 0 bridgehead atoms. The molecule has 0 aliphatic carbocycles. The molecule has 0 aromatic heterocycles. The number of esters is 3. The lowest BCUT2D eigenvalue weighted by Gasteiger charge is -2.18. The summed E-state index contributed by atoms with van der Waals surface area (Å²) < 4.78 is 16.9. The van der Waals surface area contributed by atoms with E-state index in [1.54, 1.807) is 0 Å². The summed E-state index contributed by atoms with van der Waals surface area (Å²) >= 11 is 0. The molecule has 0 aromatic rings. The zero-order valence-electron chi connectivity index (χ0n) is 45.1. The van der Waals surface area contributed by atoms with Crippen LogP contribution in [0.1, 0.15) is 297 Å². The summed E-state index contributed by atoms with van der Waals surface area (Å²) in [4.78, 5) is 38.2. The van der Waals surface area contributed by atoms with Gasteiger partial charge in [0.05, 0.1) is 0 Å². The van der Waals surface area contributed by atoms with Crippen molar-refractivity contribution in [2.45, 2.75) is 303 Å². The van der Waals surface area contributed by atoms with Crippen LogP contribution in [0.15, 0.2) is 60.8 Å². The monoisotopic (exact) mass is 951 g/mol. The average molecular weight is 952 g/mol. The summed E-state index contributed by atoms with van der Waals surface area (Å²) in [6, 6.07) is 0. The minimum atomic E-state index is -0.785. The van der Waals surface area contributed by atoms with Crippen LogP contribution in [-0.4, -0.2) is 37.2 Å². The minimum Gasteiger partial charge on any atom is -0.462 e. The topological polar surface area (TPSA) is 78.9 Å². The molecule has 0 N–H and O–H groups in total. The third kappa shape index (κ3) is 54.1. The molecule has 1 unspecified atom stereocenters. The van der Waals surface area contributed by atoms with Gasteiger partial charge in [0, 0.05) is 19.3 Å². The van der Waals surface area contributed by atoms with Crippen molar-refractivity contribution < 1.29 is 28.6 Å².